The van der Waals surface area contributed by atoms with E-state index in [-0.39, 0.29) is 0 Å². The molecule has 0 aromatic carbocycles. The molecule has 11 heavy (non-hydrogen) atoms. The first-order valence-corrected chi connectivity index (χ1v) is 3.41. The molecule has 2 N–H and O–H groups in total. The lowest BCUT2D eigenvalue weighted by Gasteiger charge is -1.81. The van der Waals surface area contributed by atoms with Crippen LogP contribution >= 0.6 is 0 Å². The summed E-state index contributed by atoms with van der Waals surface area (Å²) in [6, 6.07) is 0. The fraction of sp³-hybridized carbons (Fsp3) is 0.714. The van der Waals surface area contributed by atoms with Crippen LogP contribution in [0.3, 0.4) is 0 Å². The summed E-state index contributed by atoms with van der Waals surface area (Å²) in [6.07, 6.45) is 0.830. The van der Waals surface area contributed by atoms with Crippen molar-refractivity contribution in [2.24, 2.45) is 10.3 Å². The number of nitrogens with zero attached hydrogens (tertiary/aromatic N) is 2. The van der Waals surface area contributed by atoms with Crippen LogP contribution in [0.15, 0.2) is 10.3 Å². The van der Waals surface area contributed by atoms with Gasteiger partial charge in [-0.25, -0.2) is 0 Å². The van der Waals surface area contributed by atoms with E-state index in [2.05, 4.69) is 10.3 Å². The molecule has 0 bridgehead atoms. The van der Waals surface area contributed by atoms with Crippen LogP contribution in [0.4, 0.5) is 0 Å². The van der Waals surface area contributed by atoms with Crippen LogP contribution in [0.1, 0.15) is 34.1 Å². The average Bonchev–Trinajstić information content (AvgIpc) is 2.04. The second-order valence-corrected chi connectivity index (χ2v) is 2.24. The molecular weight excluding hydrogens is 144 g/mol. The second-order valence-electron chi connectivity index (χ2n) is 2.24. The summed E-state index contributed by atoms with van der Waals surface area (Å²) < 4.78 is 0. The van der Waals surface area contributed by atoms with Gasteiger partial charge in [-0.15, -0.1) is 0 Å². The van der Waals surface area contributed by atoms with Crippen molar-refractivity contribution < 1.29 is 10.4 Å². The van der Waals surface area contributed by atoms with Crippen LogP contribution in [-0.4, -0.2) is 21.8 Å². The van der Waals surface area contributed by atoms with Gasteiger partial charge in [0, 0.05) is 0 Å². The van der Waals surface area contributed by atoms with E-state index in [0.717, 1.165) is 12.1 Å². The van der Waals surface area contributed by atoms with E-state index >= 15 is 0 Å². The molecule has 0 saturated heterocycles. The van der Waals surface area contributed by atoms with Gasteiger partial charge in [0.1, 0.15) is 0 Å². The molecule has 0 aliphatic carbocycles. The van der Waals surface area contributed by atoms with Crippen molar-refractivity contribution in [3.05, 3.63) is 0 Å². The SMILES string of the molecule is CC(C)=NO.CC/C(C)=N\O. The molecule has 0 rings (SSSR count). The zero-order valence-electron chi connectivity index (χ0n) is 7.50. The lowest BCUT2D eigenvalue weighted by Crippen LogP contribution is -1.83. The highest BCUT2D eigenvalue weighted by Crippen LogP contribution is 1.78. The van der Waals surface area contributed by atoms with Gasteiger partial charge in [-0.3, -0.25) is 0 Å². The zero-order chi connectivity index (χ0) is 9.28. The molecule has 0 spiro atoms. The predicted octanol–water partition coefficient (Wildman–Crippen LogP) is 2.10. The Morgan fingerprint density at radius 2 is 1.45 bits per heavy atom. The maximum absolute atomic E-state index is 7.92. The molecule has 4 nitrogen and oxygen atoms in total. The summed E-state index contributed by atoms with van der Waals surface area (Å²) in [5.41, 5.74) is 1.46. The summed E-state index contributed by atoms with van der Waals surface area (Å²) in [5, 5.41) is 21.4. The van der Waals surface area contributed by atoms with Crippen LogP contribution in [-0.2, 0) is 0 Å². The number of oxime groups is 2. The maximum atomic E-state index is 7.92. The average molecular weight is 160 g/mol. The Labute approximate surface area is 67.2 Å². The Bertz CT molecular complexity index is 137. The van der Waals surface area contributed by atoms with Crippen molar-refractivity contribution in [3.8, 4) is 0 Å². The van der Waals surface area contributed by atoms with Crippen LogP contribution in [0, 0.1) is 0 Å². The number of hydrogen-bond acceptors (Lipinski definition) is 4. The standard InChI is InChI=1S/C4H9NO.C3H7NO/c1-3-4(2)5-6;1-3(2)4-5/h6H,3H2,1-2H3;5H,1-2H3/b5-4-;. The summed E-state index contributed by atoms with van der Waals surface area (Å²) >= 11 is 0. The van der Waals surface area contributed by atoms with E-state index in [1.54, 1.807) is 20.8 Å². The van der Waals surface area contributed by atoms with Crippen LogP contribution < -0.4 is 0 Å². The van der Waals surface area contributed by atoms with Gasteiger partial charge in [-0.05, 0) is 27.2 Å². The topological polar surface area (TPSA) is 65.2 Å². The highest BCUT2D eigenvalue weighted by molar-refractivity contribution is 5.80. The molecule has 4 heteroatoms. The van der Waals surface area contributed by atoms with E-state index in [0.29, 0.717) is 5.71 Å². The molecule has 0 aliphatic heterocycles. The van der Waals surface area contributed by atoms with Gasteiger partial charge in [0.15, 0.2) is 0 Å². The van der Waals surface area contributed by atoms with Crippen molar-refractivity contribution in [2.75, 3.05) is 0 Å². The van der Waals surface area contributed by atoms with Crippen molar-refractivity contribution in [1.82, 2.24) is 0 Å². The molecule has 0 saturated carbocycles. The summed E-state index contributed by atoms with van der Waals surface area (Å²) in [7, 11) is 0. The highest BCUT2D eigenvalue weighted by Gasteiger charge is 1.77. The Hall–Kier alpha value is -1.06. The van der Waals surface area contributed by atoms with Gasteiger partial charge in [0.25, 0.3) is 0 Å². The van der Waals surface area contributed by atoms with E-state index in [1.165, 1.54) is 0 Å². The first-order chi connectivity index (χ1) is 5.08. The Morgan fingerprint density at radius 3 is 1.45 bits per heavy atom. The minimum Gasteiger partial charge on any atom is -0.411 e. The normalized spacial score (nSPS) is 9.64. The summed E-state index contributed by atoms with van der Waals surface area (Å²) in [6.45, 7) is 7.16. The van der Waals surface area contributed by atoms with Gasteiger partial charge in [0.2, 0.25) is 0 Å². The van der Waals surface area contributed by atoms with Gasteiger partial charge >= 0.3 is 0 Å². The third-order valence-corrected chi connectivity index (χ3v) is 0.882. The Kier molecular flexibility index (Phi) is 10.2. The molecule has 0 amide bonds. The first kappa shape index (κ1) is 12.6. The maximum Gasteiger partial charge on any atom is 0.0537 e. The van der Waals surface area contributed by atoms with Gasteiger partial charge < -0.3 is 10.4 Å². The lowest BCUT2D eigenvalue weighted by atomic mass is 10.3. The van der Waals surface area contributed by atoms with E-state index < -0.39 is 0 Å². The van der Waals surface area contributed by atoms with Crippen molar-refractivity contribution in [1.29, 1.82) is 0 Å². The Morgan fingerprint density at radius 1 is 1.09 bits per heavy atom. The number of hydrogen-bond donors (Lipinski definition) is 2. The monoisotopic (exact) mass is 160 g/mol. The molecule has 0 radical (unpaired) electrons. The highest BCUT2D eigenvalue weighted by atomic mass is 16.4. The smallest absolute Gasteiger partial charge is 0.0537 e. The van der Waals surface area contributed by atoms with Crippen molar-refractivity contribution in [3.63, 3.8) is 0 Å². The largest absolute Gasteiger partial charge is 0.411 e. The molecule has 0 unspecified atom stereocenters. The molecule has 0 fully saturated rings. The summed E-state index contributed by atoms with van der Waals surface area (Å²) in [5.74, 6) is 0. The van der Waals surface area contributed by atoms with Crippen LogP contribution in [0.2, 0.25) is 0 Å². The molecule has 0 heterocycles. The minimum atomic E-state index is 0.685. The van der Waals surface area contributed by atoms with Gasteiger partial charge in [0.05, 0.1) is 11.4 Å². The third kappa shape index (κ3) is 17.6. The summed E-state index contributed by atoms with van der Waals surface area (Å²) in [4.78, 5) is 0. The molecule has 0 aromatic heterocycles. The fourth-order valence-corrected chi connectivity index (χ4v) is 0.0707. The van der Waals surface area contributed by atoms with E-state index in [4.69, 9.17) is 10.4 Å². The fourth-order valence-electron chi connectivity index (χ4n) is 0.0707. The Balaban J connectivity index is 0. The van der Waals surface area contributed by atoms with Crippen molar-refractivity contribution in [2.45, 2.75) is 34.1 Å². The van der Waals surface area contributed by atoms with Gasteiger partial charge in [-0.1, -0.05) is 17.2 Å². The molecule has 0 atom stereocenters. The molecule has 0 aromatic rings. The molecule has 66 valence electrons. The zero-order valence-corrected chi connectivity index (χ0v) is 7.50. The van der Waals surface area contributed by atoms with E-state index in [9.17, 15) is 0 Å². The predicted molar refractivity (Wildman–Crippen MR) is 45.8 cm³/mol. The number of rotatable bonds is 1. The molecular formula is C7H16N2O2. The quantitative estimate of drug-likeness (QED) is 0.350. The van der Waals surface area contributed by atoms with Crippen molar-refractivity contribution >= 4 is 11.4 Å². The second kappa shape index (κ2) is 8.94. The van der Waals surface area contributed by atoms with Crippen LogP contribution in [0.25, 0.3) is 0 Å². The van der Waals surface area contributed by atoms with Crippen LogP contribution in [0.5, 0.6) is 0 Å². The molecule has 0 aliphatic rings. The first-order valence-electron chi connectivity index (χ1n) is 3.41. The lowest BCUT2D eigenvalue weighted by molar-refractivity contribution is 0.317. The van der Waals surface area contributed by atoms with E-state index in [1.807, 2.05) is 6.92 Å². The third-order valence-electron chi connectivity index (χ3n) is 0.882. The minimum absolute atomic E-state index is 0.685. The van der Waals surface area contributed by atoms with Gasteiger partial charge in [-0.2, -0.15) is 0 Å².